The zero-order valence-corrected chi connectivity index (χ0v) is 8.58. The van der Waals surface area contributed by atoms with Gasteiger partial charge in [0.15, 0.2) is 11.4 Å². The molecule has 0 aliphatic carbocycles. The monoisotopic (exact) mass is 238 g/mol. The number of aliphatic hydroxyl groups is 1. The fourth-order valence-electron chi connectivity index (χ4n) is 1.31. The molecule has 0 saturated heterocycles. The van der Waals surface area contributed by atoms with E-state index in [1.165, 1.54) is 14.0 Å². The Morgan fingerprint density at radius 2 is 1.81 bits per heavy atom. The Kier molecular flexibility index (Phi) is 3.00. The molecule has 16 heavy (non-hydrogen) atoms. The molecular weight excluding hydrogens is 227 g/mol. The molecule has 0 fully saturated rings. The summed E-state index contributed by atoms with van der Waals surface area (Å²) in [4.78, 5) is 0. The summed E-state index contributed by atoms with van der Waals surface area (Å²) in [5, 5.41) is 27.5. The van der Waals surface area contributed by atoms with Crippen LogP contribution in [0.5, 0.6) is 11.5 Å². The Balaban J connectivity index is 3.44. The number of aliphatic hydroxyl groups excluding tert-OH is 1. The van der Waals surface area contributed by atoms with E-state index in [9.17, 15) is 23.4 Å². The normalized spacial score (nSPS) is 13.9. The maximum absolute atomic E-state index is 12.3. The van der Waals surface area contributed by atoms with Gasteiger partial charge in [-0.1, -0.05) is 0 Å². The van der Waals surface area contributed by atoms with Crippen molar-refractivity contribution in [1.82, 2.24) is 0 Å². The van der Waals surface area contributed by atoms with Gasteiger partial charge in [-0.3, -0.25) is 0 Å². The first-order valence-corrected chi connectivity index (χ1v) is 4.32. The molecule has 7 heteroatoms. The van der Waals surface area contributed by atoms with Crippen LogP contribution >= 0.6 is 0 Å². The van der Waals surface area contributed by atoms with Gasteiger partial charge in [-0.05, 0) is 0 Å². The third kappa shape index (κ3) is 2.04. The summed E-state index contributed by atoms with van der Waals surface area (Å²) in [7, 11) is 1.25. The number of hydrogen-bond acceptors (Lipinski definition) is 3. The van der Waals surface area contributed by atoms with Gasteiger partial charge < -0.3 is 15.3 Å². The van der Waals surface area contributed by atoms with Gasteiger partial charge in [0.1, 0.15) is 7.05 Å². The fourth-order valence-corrected chi connectivity index (χ4v) is 1.31. The Labute approximate surface area is 89.2 Å². The van der Waals surface area contributed by atoms with Crippen molar-refractivity contribution in [2.75, 3.05) is 0 Å². The summed E-state index contributed by atoms with van der Waals surface area (Å²) < 4.78 is 37.9. The molecule has 1 atom stereocenters. The first-order chi connectivity index (χ1) is 7.16. The smallest absolute Gasteiger partial charge is 0.424 e. The highest BCUT2D eigenvalue weighted by molar-refractivity contribution is 5.40. The van der Waals surface area contributed by atoms with Gasteiger partial charge >= 0.3 is 6.18 Å². The van der Waals surface area contributed by atoms with Crippen LogP contribution < -0.4 is 4.57 Å². The highest BCUT2D eigenvalue weighted by atomic mass is 19.4. The van der Waals surface area contributed by atoms with Crippen molar-refractivity contribution in [3.05, 3.63) is 17.5 Å². The van der Waals surface area contributed by atoms with E-state index in [0.717, 1.165) is 10.6 Å². The van der Waals surface area contributed by atoms with Crippen molar-refractivity contribution in [2.24, 2.45) is 7.05 Å². The molecule has 1 aromatic rings. The Morgan fingerprint density at radius 3 is 2.25 bits per heavy atom. The number of aromatic hydroxyl groups is 2. The zero-order chi connectivity index (χ0) is 12.7. The van der Waals surface area contributed by atoms with Crippen LogP contribution in [0.1, 0.15) is 17.5 Å². The molecule has 3 N–H and O–H groups in total. The molecule has 0 bridgehead atoms. The first-order valence-electron chi connectivity index (χ1n) is 4.32. The lowest BCUT2D eigenvalue weighted by molar-refractivity contribution is -0.691. The molecule has 1 unspecified atom stereocenters. The number of aryl methyl sites for hydroxylation is 1. The molecule has 0 saturated carbocycles. The van der Waals surface area contributed by atoms with Crippen LogP contribution in [0.3, 0.4) is 0 Å². The second kappa shape index (κ2) is 3.82. The number of hydrogen-bond donors (Lipinski definition) is 3. The van der Waals surface area contributed by atoms with Crippen LogP contribution in [-0.4, -0.2) is 21.5 Å². The largest absolute Gasteiger partial charge is 0.504 e. The minimum Gasteiger partial charge on any atom is -0.504 e. The minimum absolute atomic E-state index is 0.272. The summed E-state index contributed by atoms with van der Waals surface area (Å²) in [6, 6.07) is 1.10. The van der Waals surface area contributed by atoms with Gasteiger partial charge in [0.25, 0.3) is 5.69 Å². The highest BCUT2D eigenvalue weighted by Gasteiger charge is 2.47. The first kappa shape index (κ1) is 12.6. The van der Waals surface area contributed by atoms with Gasteiger partial charge in [-0.2, -0.15) is 17.7 Å². The van der Waals surface area contributed by atoms with Crippen LogP contribution in [0, 0.1) is 6.92 Å². The number of rotatable bonds is 1. The second-order valence-electron chi connectivity index (χ2n) is 3.41. The predicted octanol–water partition coefficient (Wildman–Crippen LogP) is 0.826. The standard InChI is InChI=1S/C9H10F3NO3/c1-4-3-5(14)7(15)6(13(4)2)8(16)9(10,11)12/h3,8,15-16H,1-2H3/p+1. The van der Waals surface area contributed by atoms with E-state index in [0.29, 0.717) is 0 Å². The van der Waals surface area contributed by atoms with E-state index < -0.39 is 29.5 Å². The average molecular weight is 238 g/mol. The summed E-state index contributed by atoms with van der Waals surface area (Å²) >= 11 is 0. The third-order valence-corrected chi connectivity index (χ3v) is 2.29. The van der Waals surface area contributed by atoms with Crippen LogP contribution in [-0.2, 0) is 7.05 Å². The molecule has 0 spiro atoms. The summed E-state index contributed by atoms with van der Waals surface area (Å²) in [5.41, 5.74) is -0.515. The lowest BCUT2D eigenvalue weighted by Crippen LogP contribution is -2.41. The number of aromatic nitrogens is 1. The van der Waals surface area contributed by atoms with Crippen LogP contribution in [0.25, 0.3) is 0 Å². The summed E-state index contributed by atoms with van der Waals surface area (Å²) in [6.45, 7) is 1.44. The molecule has 0 aliphatic heterocycles. The van der Waals surface area contributed by atoms with E-state index in [1.54, 1.807) is 0 Å². The van der Waals surface area contributed by atoms with E-state index >= 15 is 0 Å². The van der Waals surface area contributed by atoms with Crippen LogP contribution in [0.4, 0.5) is 13.2 Å². The van der Waals surface area contributed by atoms with E-state index in [-0.39, 0.29) is 5.69 Å². The molecule has 0 aliphatic rings. The van der Waals surface area contributed by atoms with Crippen LogP contribution in [0.2, 0.25) is 0 Å². The summed E-state index contributed by atoms with van der Waals surface area (Å²) in [5.74, 6) is -1.67. The molecule has 0 amide bonds. The van der Waals surface area contributed by atoms with E-state index in [4.69, 9.17) is 5.11 Å². The zero-order valence-electron chi connectivity index (χ0n) is 8.58. The molecule has 1 heterocycles. The van der Waals surface area contributed by atoms with Crippen LogP contribution in [0.15, 0.2) is 6.07 Å². The SMILES string of the molecule is Cc1cc(O)c(O)c(C(O)C(F)(F)F)[n+]1C. The number of nitrogens with zero attached hydrogens (tertiary/aromatic N) is 1. The Hall–Kier alpha value is -1.50. The van der Waals surface area contributed by atoms with Gasteiger partial charge in [-0.25, -0.2) is 0 Å². The van der Waals surface area contributed by atoms with Crippen molar-refractivity contribution in [3.8, 4) is 11.5 Å². The molecule has 0 aromatic carbocycles. The van der Waals surface area contributed by atoms with E-state index in [2.05, 4.69) is 0 Å². The Morgan fingerprint density at radius 1 is 1.31 bits per heavy atom. The van der Waals surface area contributed by atoms with Crippen molar-refractivity contribution in [3.63, 3.8) is 0 Å². The summed E-state index contributed by atoms with van der Waals surface area (Å²) in [6.07, 6.45) is -7.75. The minimum atomic E-state index is -4.91. The molecule has 1 rings (SSSR count). The topological polar surface area (TPSA) is 64.6 Å². The van der Waals surface area contributed by atoms with E-state index in [1.807, 2.05) is 0 Å². The number of halogens is 3. The maximum atomic E-state index is 12.3. The predicted molar refractivity (Wildman–Crippen MR) is 46.7 cm³/mol. The van der Waals surface area contributed by atoms with Gasteiger partial charge in [0.2, 0.25) is 11.9 Å². The molecule has 0 radical (unpaired) electrons. The Bertz CT molecular complexity index is 391. The molecule has 1 aromatic heterocycles. The van der Waals surface area contributed by atoms with Gasteiger partial charge in [0, 0.05) is 6.92 Å². The molecule has 4 nitrogen and oxygen atoms in total. The van der Waals surface area contributed by atoms with Crippen molar-refractivity contribution < 1.29 is 33.1 Å². The number of pyridine rings is 1. The maximum Gasteiger partial charge on any atom is 0.424 e. The fraction of sp³-hybridized carbons (Fsp3) is 0.444. The second-order valence-corrected chi connectivity index (χ2v) is 3.41. The molecular formula is C9H11F3NO3+. The quantitative estimate of drug-likeness (QED) is 0.635. The number of alkyl halides is 3. The highest BCUT2D eigenvalue weighted by Crippen LogP contribution is 2.38. The third-order valence-electron chi connectivity index (χ3n) is 2.29. The van der Waals surface area contributed by atoms with Crippen molar-refractivity contribution in [1.29, 1.82) is 0 Å². The van der Waals surface area contributed by atoms with Gasteiger partial charge in [0.05, 0.1) is 6.07 Å². The van der Waals surface area contributed by atoms with Gasteiger partial charge in [-0.15, -0.1) is 0 Å². The lowest BCUT2D eigenvalue weighted by atomic mass is 10.1. The lowest BCUT2D eigenvalue weighted by Gasteiger charge is -2.14. The average Bonchev–Trinajstić information content (AvgIpc) is 2.13. The van der Waals surface area contributed by atoms with Crippen molar-refractivity contribution >= 4 is 0 Å². The molecule has 90 valence electrons. The van der Waals surface area contributed by atoms with Crippen molar-refractivity contribution in [2.45, 2.75) is 19.2 Å².